The SMILES string of the molecule is Cc1ccc(-n2c(SCC(=O)N/N=C\c3ccc(C)o3)nnc2-c2ccc(Cl)cc2)cc1. The summed E-state index contributed by atoms with van der Waals surface area (Å²) in [6.45, 7) is 3.87. The topological polar surface area (TPSA) is 85.3 Å². The van der Waals surface area contributed by atoms with E-state index in [-0.39, 0.29) is 11.7 Å². The van der Waals surface area contributed by atoms with E-state index < -0.39 is 0 Å². The summed E-state index contributed by atoms with van der Waals surface area (Å²) in [6.07, 6.45) is 1.46. The molecule has 0 saturated carbocycles. The first-order chi connectivity index (χ1) is 15.5. The predicted octanol–water partition coefficient (Wildman–Crippen LogP) is 5.04. The molecule has 2 heterocycles. The summed E-state index contributed by atoms with van der Waals surface area (Å²) in [6, 6.07) is 19.0. The number of carbonyl (C=O) groups is 1. The molecule has 9 heteroatoms. The van der Waals surface area contributed by atoms with Gasteiger partial charge in [0.2, 0.25) is 0 Å². The standard InChI is InChI=1S/C23H20ClN5O2S/c1-15-3-10-19(11-4-15)29-22(17-6-8-18(24)9-7-17)27-28-23(29)32-14-21(30)26-25-13-20-12-5-16(2)31-20/h3-13H,14H2,1-2H3,(H,26,30)/b25-13-. The van der Waals surface area contributed by atoms with E-state index in [1.807, 2.05) is 73.0 Å². The fourth-order valence-corrected chi connectivity index (χ4v) is 3.80. The van der Waals surface area contributed by atoms with Gasteiger partial charge in [-0.25, -0.2) is 5.43 Å². The Morgan fingerprint density at radius 2 is 1.84 bits per heavy atom. The third kappa shape index (κ3) is 5.27. The van der Waals surface area contributed by atoms with Crippen LogP contribution in [0.3, 0.4) is 0 Å². The van der Waals surface area contributed by atoms with E-state index in [0.29, 0.717) is 21.8 Å². The van der Waals surface area contributed by atoms with Crippen LogP contribution in [0.4, 0.5) is 0 Å². The summed E-state index contributed by atoms with van der Waals surface area (Å²) in [7, 11) is 0. The molecule has 1 N–H and O–H groups in total. The Labute approximate surface area is 194 Å². The molecule has 4 aromatic rings. The van der Waals surface area contributed by atoms with E-state index in [0.717, 1.165) is 22.6 Å². The van der Waals surface area contributed by atoms with Crippen LogP contribution in [-0.4, -0.2) is 32.6 Å². The van der Waals surface area contributed by atoms with Crippen LogP contribution in [0.5, 0.6) is 0 Å². The van der Waals surface area contributed by atoms with E-state index in [2.05, 4.69) is 20.7 Å². The molecule has 7 nitrogen and oxygen atoms in total. The number of aromatic nitrogens is 3. The number of aryl methyl sites for hydroxylation is 2. The third-order valence-corrected chi connectivity index (χ3v) is 5.68. The number of rotatable bonds is 7. The number of hydrogen-bond acceptors (Lipinski definition) is 6. The maximum absolute atomic E-state index is 12.3. The Morgan fingerprint density at radius 3 is 2.53 bits per heavy atom. The first-order valence-corrected chi connectivity index (χ1v) is 11.2. The van der Waals surface area contributed by atoms with Crippen molar-refractivity contribution in [3.05, 3.63) is 82.8 Å². The minimum Gasteiger partial charge on any atom is -0.460 e. The molecule has 1 amide bonds. The van der Waals surface area contributed by atoms with Gasteiger partial charge in [0.1, 0.15) is 11.5 Å². The minimum absolute atomic E-state index is 0.124. The van der Waals surface area contributed by atoms with Gasteiger partial charge in [0.05, 0.1) is 12.0 Å². The number of amides is 1. The summed E-state index contributed by atoms with van der Waals surface area (Å²) >= 11 is 7.31. The molecule has 0 spiro atoms. The lowest BCUT2D eigenvalue weighted by molar-refractivity contribution is -0.118. The van der Waals surface area contributed by atoms with Crippen molar-refractivity contribution in [2.75, 3.05) is 5.75 Å². The first-order valence-electron chi connectivity index (χ1n) is 9.79. The smallest absolute Gasteiger partial charge is 0.250 e. The lowest BCUT2D eigenvalue weighted by atomic mass is 10.2. The molecule has 0 bridgehead atoms. The normalized spacial score (nSPS) is 11.2. The molecule has 0 atom stereocenters. The van der Waals surface area contributed by atoms with E-state index in [4.69, 9.17) is 16.0 Å². The second-order valence-electron chi connectivity index (χ2n) is 7.01. The van der Waals surface area contributed by atoms with Crippen molar-refractivity contribution in [2.24, 2.45) is 5.10 Å². The highest BCUT2D eigenvalue weighted by Crippen LogP contribution is 2.28. The average molecular weight is 466 g/mol. The van der Waals surface area contributed by atoms with Crippen molar-refractivity contribution >= 4 is 35.5 Å². The largest absolute Gasteiger partial charge is 0.460 e. The zero-order chi connectivity index (χ0) is 22.5. The lowest BCUT2D eigenvalue weighted by Gasteiger charge is -2.10. The van der Waals surface area contributed by atoms with Gasteiger partial charge in [0.25, 0.3) is 5.91 Å². The van der Waals surface area contributed by atoms with Gasteiger partial charge < -0.3 is 4.42 Å². The monoisotopic (exact) mass is 465 g/mol. The molecule has 32 heavy (non-hydrogen) atoms. The molecule has 2 aromatic carbocycles. The van der Waals surface area contributed by atoms with Gasteiger partial charge in [-0.3, -0.25) is 9.36 Å². The second-order valence-corrected chi connectivity index (χ2v) is 8.39. The van der Waals surface area contributed by atoms with Crippen molar-refractivity contribution in [3.63, 3.8) is 0 Å². The Hall–Kier alpha value is -3.36. The van der Waals surface area contributed by atoms with Crippen LogP contribution in [0.1, 0.15) is 17.1 Å². The lowest BCUT2D eigenvalue weighted by Crippen LogP contribution is -2.19. The Morgan fingerprint density at radius 1 is 1.09 bits per heavy atom. The van der Waals surface area contributed by atoms with Crippen LogP contribution in [0.25, 0.3) is 17.1 Å². The maximum atomic E-state index is 12.3. The number of hydrogen-bond donors (Lipinski definition) is 1. The van der Waals surface area contributed by atoms with E-state index in [1.165, 1.54) is 18.0 Å². The molecule has 0 aliphatic rings. The highest BCUT2D eigenvalue weighted by atomic mass is 35.5. The van der Waals surface area contributed by atoms with Crippen molar-refractivity contribution in [2.45, 2.75) is 19.0 Å². The molecule has 0 saturated heterocycles. The molecule has 0 radical (unpaired) electrons. The van der Waals surface area contributed by atoms with E-state index in [9.17, 15) is 4.79 Å². The fourth-order valence-electron chi connectivity index (χ4n) is 2.93. The highest BCUT2D eigenvalue weighted by Gasteiger charge is 2.17. The van der Waals surface area contributed by atoms with Crippen molar-refractivity contribution < 1.29 is 9.21 Å². The summed E-state index contributed by atoms with van der Waals surface area (Å²) in [5.74, 6) is 1.88. The molecular weight excluding hydrogens is 446 g/mol. The molecule has 0 fully saturated rings. The number of halogens is 1. The van der Waals surface area contributed by atoms with Gasteiger partial charge in [0, 0.05) is 16.3 Å². The van der Waals surface area contributed by atoms with Crippen LogP contribution < -0.4 is 5.43 Å². The van der Waals surface area contributed by atoms with E-state index >= 15 is 0 Å². The van der Waals surface area contributed by atoms with Crippen LogP contribution in [0, 0.1) is 13.8 Å². The summed E-state index contributed by atoms with van der Waals surface area (Å²) in [4.78, 5) is 12.3. The highest BCUT2D eigenvalue weighted by molar-refractivity contribution is 7.99. The predicted molar refractivity (Wildman–Crippen MR) is 126 cm³/mol. The van der Waals surface area contributed by atoms with Gasteiger partial charge in [-0.15, -0.1) is 10.2 Å². The third-order valence-electron chi connectivity index (χ3n) is 4.50. The number of nitrogens with zero attached hydrogens (tertiary/aromatic N) is 4. The number of hydrazone groups is 1. The van der Waals surface area contributed by atoms with Crippen LogP contribution in [0.15, 0.2) is 75.3 Å². The number of furan rings is 1. The molecule has 162 valence electrons. The number of carbonyl (C=O) groups excluding carboxylic acids is 1. The van der Waals surface area contributed by atoms with Crippen LogP contribution in [0.2, 0.25) is 5.02 Å². The summed E-state index contributed by atoms with van der Waals surface area (Å²) < 4.78 is 7.31. The number of thioether (sulfide) groups is 1. The Kier molecular flexibility index (Phi) is 6.72. The van der Waals surface area contributed by atoms with Crippen molar-refractivity contribution in [3.8, 4) is 17.1 Å². The Bertz CT molecular complexity index is 1250. The van der Waals surface area contributed by atoms with E-state index in [1.54, 1.807) is 6.07 Å². The van der Waals surface area contributed by atoms with Crippen LogP contribution in [-0.2, 0) is 4.79 Å². The van der Waals surface area contributed by atoms with Gasteiger partial charge in [-0.1, -0.05) is 41.1 Å². The quantitative estimate of drug-likeness (QED) is 0.235. The molecule has 0 aliphatic carbocycles. The van der Waals surface area contributed by atoms with Crippen molar-refractivity contribution in [1.82, 2.24) is 20.2 Å². The zero-order valence-corrected chi connectivity index (χ0v) is 19.0. The fraction of sp³-hybridized carbons (Fsp3) is 0.130. The Balaban J connectivity index is 1.52. The van der Waals surface area contributed by atoms with Gasteiger partial charge in [0.15, 0.2) is 11.0 Å². The van der Waals surface area contributed by atoms with Gasteiger partial charge in [-0.05, 0) is 62.4 Å². The average Bonchev–Trinajstić information content (AvgIpc) is 3.39. The molecular formula is C23H20ClN5O2S. The molecule has 0 aliphatic heterocycles. The summed E-state index contributed by atoms with van der Waals surface area (Å²) in [5.41, 5.74) is 5.42. The van der Waals surface area contributed by atoms with Crippen LogP contribution >= 0.6 is 23.4 Å². The minimum atomic E-state index is -0.263. The van der Waals surface area contributed by atoms with Gasteiger partial charge in [-0.2, -0.15) is 5.10 Å². The molecule has 0 unspecified atom stereocenters. The maximum Gasteiger partial charge on any atom is 0.250 e. The number of benzene rings is 2. The molecule has 2 aromatic heterocycles. The summed E-state index contributed by atoms with van der Waals surface area (Å²) in [5, 5.41) is 13.9. The zero-order valence-electron chi connectivity index (χ0n) is 17.4. The number of nitrogens with one attached hydrogen (secondary N) is 1. The molecule has 4 rings (SSSR count). The first kappa shape index (κ1) is 21.9. The van der Waals surface area contributed by atoms with Crippen molar-refractivity contribution in [1.29, 1.82) is 0 Å². The second kappa shape index (κ2) is 9.84. The van der Waals surface area contributed by atoms with Gasteiger partial charge >= 0.3 is 0 Å².